The zero-order valence-electron chi connectivity index (χ0n) is 12.2. The maximum atomic E-state index is 14.0. The fourth-order valence-electron chi connectivity index (χ4n) is 2.44. The van der Waals surface area contributed by atoms with Crippen molar-refractivity contribution >= 4 is 0 Å². The second-order valence-corrected chi connectivity index (χ2v) is 5.77. The summed E-state index contributed by atoms with van der Waals surface area (Å²) < 4.78 is 14.0. The van der Waals surface area contributed by atoms with E-state index in [4.69, 9.17) is 5.73 Å². The van der Waals surface area contributed by atoms with Crippen LogP contribution in [0, 0.1) is 5.82 Å². The number of benzene rings is 1. The first-order valence-corrected chi connectivity index (χ1v) is 6.69. The lowest BCUT2D eigenvalue weighted by molar-refractivity contribution is 0.0260. The van der Waals surface area contributed by atoms with Crippen LogP contribution in [0.25, 0.3) is 0 Å². The predicted molar refractivity (Wildman–Crippen MR) is 76.3 cm³/mol. The Balaban J connectivity index is 3.05. The standard InChI is InChI=1S/C15H25FN2O/c1-5-13(17)14(18(4)10-15(2,3)19)11-8-6-7-9-12(11)16/h6-9,13-14,19H,5,10,17H2,1-4H3. The van der Waals surface area contributed by atoms with Crippen LogP contribution in [0.5, 0.6) is 0 Å². The van der Waals surface area contributed by atoms with Gasteiger partial charge < -0.3 is 10.8 Å². The van der Waals surface area contributed by atoms with Gasteiger partial charge in [-0.3, -0.25) is 4.90 Å². The summed E-state index contributed by atoms with van der Waals surface area (Å²) in [5.41, 5.74) is 5.89. The highest BCUT2D eigenvalue weighted by Crippen LogP contribution is 2.27. The van der Waals surface area contributed by atoms with Crippen molar-refractivity contribution in [2.45, 2.75) is 44.9 Å². The van der Waals surface area contributed by atoms with Crippen LogP contribution in [0.2, 0.25) is 0 Å². The van der Waals surface area contributed by atoms with E-state index in [9.17, 15) is 9.50 Å². The van der Waals surface area contributed by atoms with Crippen LogP contribution in [0.4, 0.5) is 4.39 Å². The van der Waals surface area contributed by atoms with Crippen molar-refractivity contribution in [2.24, 2.45) is 5.73 Å². The third kappa shape index (κ3) is 4.56. The normalized spacial score (nSPS) is 15.6. The lowest BCUT2D eigenvalue weighted by Crippen LogP contribution is -2.45. The van der Waals surface area contributed by atoms with Crippen LogP contribution in [-0.4, -0.2) is 35.2 Å². The number of likely N-dealkylation sites (N-methyl/N-ethyl adjacent to an activating group) is 1. The summed E-state index contributed by atoms with van der Waals surface area (Å²) in [6.07, 6.45) is 0.745. The van der Waals surface area contributed by atoms with Gasteiger partial charge in [0.15, 0.2) is 0 Å². The molecule has 108 valence electrons. The number of rotatable bonds is 6. The summed E-state index contributed by atoms with van der Waals surface area (Å²) in [6.45, 7) is 5.88. The average Bonchev–Trinajstić information content (AvgIpc) is 2.29. The van der Waals surface area contributed by atoms with Crippen LogP contribution in [0.15, 0.2) is 24.3 Å². The fourth-order valence-corrected chi connectivity index (χ4v) is 2.44. The Morgan fingerprint density at radius 1 is 1.37 bits per heavy atom. The van der Waals surface area contributed by atoms with E-state index in [0.717, 1.165) is 6.42 Å². The topological polar surface area (TPSA) is 49.5 Å². The molecule has 0 radical (unpaired) electrons. The van der Waals surface area contributed by atoms with Gasteiger partial charge in [-0.15, -0.1) is 0 Å². The molecular formula is C15H25FN2O. The molecule has 0 amide bonds. The summed E-state index contributed by atoms with van der Waals surface area (Å²) in [6, 6.07) is 6.27. The molecule has 0 aliphatic heterocycles. The van der Waals surface area contributed by atoms with Crippen LogP contribution in [-0.2, 0) is 0 Å². The van der Waals surface area contributed by atoms with Crippen molar-refractivity contribution in [3.8, 4) is 0 Å². The molecule has 0 spiro atoms. The maximum Gasteiger partial charge on any atom is 0.128 e. The van der Waals surface area contributed by atoms with Crippen LogP contribution >= 0.6 is 0 Å². The maximum absolute atomic E-state index is 14.0. The zero-order chi connectivity index (χ0) is 14.6. The lowest BCUT2D eigenvalue weighted by atomic mass is 9.95. The summed E-state index contributed by atoms with van der Waals surface area (Å²) in [7, 11) is 1.87. The van der Waals surface area contributed by atoms with Crippen molar-refractivity contribution in [1.82, 2.24) is 4.90 Å². The predicted octanol–water partition coefficient (Wildman–Crippen LogP) is 2.31. The molecule has 3 N–H and O–H groups in total. The molecule has 1 aromatic rings. The van der Waals surface area contributed by atoms with Crippen molar-refractivity contribution in [3.63, 3.8) is 0 Å². The molecular weight excluding hydrogens is 243 g/mol. The van der Waals surface area contributed by atoms with E-state index in [1.165, 1.54) is 6.07 Å². The number of hydrogen-bond acceptors (Lipinski definition) is 3. The Morgan fingerprint density at radius 3 is 2.42 bits per heavy atom. The van der Waals surface area contributed by atoms with Gasteiger partial charge in [0.25, 0.3) is 0 Å². The Hall–Kier alpha value is -0.970. The molecule has 2 atom stereocenters. The molecule has 0 aromatic heterocycles. The highest BCUT2D eigenvalue weighted by molar-refractivity contribution is 5.23. The molecule has 1 aromatic carbocycles. The molecule has 0 saturated carbocycles. The van der Waals surface area contributed by atoms with E-state index < -0.39 is 5.60 Å². The molecule has 1 rings (SSSR count). The van der Waals surface area contributed by atoms with E-state index in [0.29, 0.717) is 12.1 Å². The SMILES string of the molecule is CCC(N)C(c1ccccc1F)N(C)CC(C)(C)O. The molecule has 0 heterocycles. The first kappa shape index (κ1) is 16.1. The van der Waals surface area contributed by atoms with E-state index in [2.05, 4.69) is 0 Å². The number of hydrogen-bond donors (Lipinski definition) is 2. The highest BCUT2D eigenvalue weighted by atomic mass is 19.1. The molecule has 0 aliphatic rings. The Bertz CT molecular complexity index is 403. The van der Waals surface area contributed by atoms with Gasteiger partial charge in [0, 0.05) is 18.2 Å². The van der Waals surface area contributed by atoms with Crippen LogP contribution < -0.4 is 5.73 Å². The smallest absolute Gasteiger partial charge is 0.128 e. The molecule has 0 aliphatic carbocycles. The zero-order valence-corrected chi connectivity index (χ0v) is 12.2. The van der Waals surface area contributed by atoms with Crippen molar-refractivity contribution < 1.29 is 9.50 Å². The van der Waals surface area contributed by atoms with Gasteiger partial charge in [-0.2, -0.15) is 0 Å². The molecule has 19 heavy (non-hydrogen) atoms. The monoisotopic (exact) mass is 268 g/mol. The van der Waals surface area contributed by atoms with Gasteiger partial charge in [0.2, 0.25) is 0 Å². The van der Waals surface area contributed by atoms with Gasteiger partial charge in [-0.1, -0.05) is 25.1 Å². The van der Waals surface area contributed by atoms with E-state index in [-0.39, 0.29) is 17.9 Å². The largest absolute Gasteiger partial charge is 0.389 e. The van der Waals surface area contributed by atoms with Gasteiger partial charge in [-0.25, -0.2) is 4.39 Å². The Morgan fingerprint density at radius 2 is 1.95 bits per heavy atom. The van der Waals surface area contributed by atoms with Gasteiger partial charge in [0.05, 0.1) is 11.6 Å². The molecule has 0 bridgehead atoms. The number of nitrogens with two attached hydrogens (primary N) is 1. The number of halogens is 1. The van der Waals surface area contributed by atoms with Gasteiger partial charge in [-0.05, 0) is 33.4 Å². The lowest BCUT2D eigenvalue weighted by Gasteiger charge is -2.36. The van der Waals surface area contributed by atoms with Crippen molar-refractivity contribution in [3.05, 3.63) is 35.6 Å². The van der Waals surface area contributed by atoms with E-state index in [1.807, 2.05) is 24.9 Å². The molecule has 4 heteroatoms. The van der Waals surface area contributed by atoms with Crippen molar-refractivity contribution in [2.75, 3.05) is 13.6 Å². The van der Waals surface area contributed by atoms with Crippen LogP contribution in [0.1, 0.15) is 38.8 Å². The summed E-state index contributed by atoms with van der Waals surface area (Å²) in [4.78, 5) is 1.92. The van der Waals surface area contributed by atoms with Gasteiger partial charge >= 0.3 is 0 Å². The molecule has 0 fully saturated rings. The minimum Gasteiger partial charge on any atom is -0.389 e. The first-order chi connectivity index (χ1) is 8.76. The molecule has 2 unspecified atom stereocenters. The molecule has 0 saturated heterocycles. The Labute approximate surface area is 115 Å². The summed E-state index contributed by atoms with van der Waals surface area (Å²) in [5.74, 6) is -0.251. The average molecular weight is 268 g/mol. The minimum atomic E-state index is -0.842. The molecule has 3 nitrogen and oxygen atoms in total. The summed E-state index contributed by atoms with van der Waals surface area (Å²) >= 11 is 0. The number of aliphatic hydroxyl groups is 1. The van der Waals surface area contributed by atoms with E-state index in [1.54, 1.807) is 26.0 Å². The van der Waals surface area contributed by atoms with E-state index >= 15 is 0 Å². The second-order valence-electron chi connectivity index (χ2n) is 5.77. The van der Waals surface area contributed by atoms with Crippen LogP contribution in [0.3, 0.4) is 0 Å². The second kappa shape index (κ2) is 6.46. The number of nitrogens with zero attached hydrogens (tertiary/aromatic N) is 1. The van der Waals surface area contributed by atoms with Gasteiger partial charge in [0.1, 0.15) is 5.82 Å². The highest BCUT2D eigenvalue weighted by Gasteiger charge is 2.28. The Kier molecular flexibility index (Phi) is 5.47. The minimum absolute atomic E-state index is 0.177. The van der Waals surface area contributed by atoms with Crippen molar-refractivity contribution in [1.29, 1.82) is 0 Å². The summed E-state index contributed by atoms with van der Waals surface area (Å²) in [5, 5.41) is 9.93. The third-order valence-electron chi connectivity index (χ3n) is 3.21. The fraction of sp³-hybridized carbons (Fsp3) is 0.600. The first-order valence-electron chi connectivity index (χ1n) is 6.69. The third-order valence-corrected chi connectivity index (χ3v) is 3.21. The quantitative estimate of drug-likeness (QED) is 0.832.